The van der Waals surface area contributed by atoms with E-state index in [9.17, 15) is 4.79 Å². The summed E-state index contributed by atoms with van der Waals surface area (Å²) in [5, 5.41) is 0. The number of ether oxygens (including phenoxy) is 5. The highest BCUT2D eigenvalue weighted by molar-refractivity contribution is 6.13. The van der Waals surface area contributed by atoms with Gasteiger partial charge >= 0.3 is 5.97 Å². The highest BCUT2D eigenvalue weighted by Crippen LogP contribution is 2.28. The average Bonchev–Trinajstić information content (AvgIpc) is 3.07. The molecule has 2 aromatic carbocycles. The van der Waals surface area contributed by atoms with Crippen molar-refractivity contribution in [2.24, 2.45) is 4.99 Å². The van der Waals surface area contributed by atoms with Gasteiger partial charge in [-0.25, -0.2) is 9.79 Å². The molecule has 0 saturated carbocycles. The van der Waals surface area contributed by atoms with E-state index in [0.717, 1.165) is 0 Å². The molecule has 0 N–H and O–H groups in total. The minimum atomic E-state index is -0.548. The minimum absolute atomic E-state index is 0.169. The van der Waals surface area contributed by atoms with Crippen molar-refractivity contribution in [1.82, 2.24) is 0 Å². The lowest BCUT2D eigenvalue weighted by Gasteiger charge is -2.07. The fraction of sp³-hybridized carbons (Fsp3) is 0.200. The molecule has 0 atom stereocenters. The van der Waals surface area contributed by atoms with Crippen LogP contribution in [0.1, 0.15) is 11.1 Å². The van der Waals surface area contributed by atoms with Crippen LogP contribution in [0.25, 0.3) is 6.08 Å². The van der Waals surface area contributed by atoms with E-state index in [0.29, 0.717) is 34.1 Å². The van der Waals surface area contributed by atoms with Crippen LogP contribution in [0.5, 0.6) is 23.0 Å². The number of hydrogen-bond acceptors (Lipinski definition) is 7. The second-order valence-corrected chi connectivity index (χ2v) is 5.58. The molecule has 0 aromatic heterocycles. The van der Waals surface area contributed by atoms with Gasteiger partial charge in [-0.05, 0) is 35.9 Å². The molecule has 1 heterocycles. The largest absolute Gasteiger partial charge is 0.497 e. The molecule has 0 radical (unpaired) electrons. The average molecular weight is 369 g/mol. The number of methoxy groups -OCH3 is 4. The van der Waals surface area contributed by atoms with Crippen molar-refractivity contribution in [3.63, 3.8) is 0 Å². The van der Waals surface area contributed by atoms with Gasteiger partial charge in [-0.3, -0.25) is 0 Å². The van der Waals surface area contributed by atoms with Crippen LogP contribution >= 0.6 is 0 Å². The smallest absolute Gasteiger partial charge is 0.363 e. The summed E-state index contributed by atoms with van der Waals surface area (Å²) in [5.74, 6) is 1.98. The van der Waals surface area contributed by atoms with Crippen molar-refractivity contribution in [3.05, 3.63) is 53.2 Å². The van der Waals surface area contributed by atoms with Crippen LogP contribution in [-0.2, 0) is 9.53 Å². The monoisotopic (exact) mass is 369 g/mol. The fourth-order valence-corrected chi connectivity index (χ4v) is 2.53. The molecule has 1 aliphatic rings. The predicted octanol–water partition coefficient (Wildman–Crippen LogP) is 3.07. The predicted molar refractivity (Wildman–Crippen MR) is 99.7 cm³/mol. The van der Waals surface area contributed by atoms with Crippen molar-refractivity contribution in [3.8, 4) is 23.0 Å². The van der Waals surface area contributed by atoms with Gasteiger partial charge in [-0.1, -0.05) is 0 Å². The SMILES string of the molecule is COc1cc(/C=C2/N=C(c3cc(OC)cc(OC)c3)OC2=O)cc(OC)c1. The van der Waals surface area contributed by atoms with Gasteiger partial charge in [0.2, 0.25) is 5.90 Å². The van der Waals surface area contributed by atoms with E-state index in [1.165, 1.54) is 0 Å². The highest BCUT2D eigenvalue weighted by atomic mass is 16.6. The van der Waals surface area contributed by atoms with Crippen molar-refractivity contribution in [2.45, 2.75) is 0 Å². The summed E-state index contributed by atoms with van der Waals surface area (Å²) in [7, 11) is 6.20. The maximum atomic E-state index is 12.3. The number of cyclic esters (lactones) is 1. The number of carbonyl (C=O) groups excluding carboxylic acids is 1. The van der Waals surface area contributed by atoms with Crippen LogP contribution in [0, 0.1) is 0 Å². The summed E-state index contributed by atoms with van der Waals surface area (Å²) >= 11 is 0. The van der Waals surface area contributed by atoms with Crippen molar-refractivity contribution >= 4 is 17.9 Å². The molecule has 0 aliphatic carbocycles. The van der Waals surface area contributed by atoms with E-state index in [1.807, 2.05) is 0 Å². The summed E-state index contributed by atoms with van der Waals surface area (Å²) in [5.41, 5.74) is 1.44. The molecule has 0 unspecified atom stereocenters. The lowest BCUT2D eigenvalue weighted by Crippen LogP contribution is -2.06. The Morgan fingerprint density at radius 1 is 0.778 bits per heavy atom. The third-order valence-electron chi connectivity index (χ3n) is 3.90. The van der Waals surface area contributed by atoms with Gasteiger partial charge < -0.3 is 23.7 Å². The second-order valence-electron chi connectivity index (χ2n) is 5.58. The zero-order valence-electron chi connectivity index (χ0n) is 15.4. The molecule has 0 bridgehead atoms. The van der Waals surface area contributed by atoms with Gasteiger partial charge in [0.25, 0.3) is 0 Å². The zero-order chi connectivity index (χ0) is 19.4. The summed E-state index contributed by atoms with van der Waals surface area (Å²) in [6.07, 6.45) is 1.61. The molecule has 7 nitrogen and oxygen atoms in total. The van der Waals surface area contributed by atoms with Crippen LogP contribution in [0.4, 0.5) is 0 Å². The molecule has 2 aromatic rings. The number of aliphatic imine (C=N–C) groups is 1. The van der Waals surface area contributed by atoms with Crippen molar-refractivity contribution < 1.29 is 28.5 Å². The molecule has 27 heavy (non-hydrogen) atoms. The van der Waals surface area contributed by atoms with E-state index in [-0.39, 0.29) is 11.6 Å². The van der Waals surface area contributed by atoms with Gasteiger partial charge in [0, 0.05) is 17.7 Å². The number of carbonyl (C=O) groups is 1. The van der Waals surface area contributed by atoms with Crippen LogP contribution in [0.15, 0.2) is 47.1 Å². The molecule has 140 valence electrons. The first kappa shape index (κ1) is 18.3. The van der Waals surface area contributed by atoms with Crippen LogP contribution in [0.3, 0.4) is 0 Å². The molecular weight excluding hydrogens is 350 g/mol. The van der Waals surface area contributed by atoms with Gasteiger partial charge in [-0.15, -0.1) is 0 Å². The summed E-state index contributed by atoms with van der Waals surface area (Å²) < 4.78 is 26.3. The standard InChI is InChI=1S/C20H19NO6/c1-23-14-5-12(6-15(10-14)24-2)7-18-20(22)27-19(21-18)13-8-16(25-3)11-17(9-13)26-4/h5-11H,1-4H3/b18-7+. The topological polar surface area (TPSA) is 75.6 Å². The van der Waals surface area contributed by atoms with Crippen LogP contribution in [-0.4, -0.2) is 40.3 Å². The summed E-state index contributed by atoms with van der Waals surface area (Å²) in [6, 6.07) is 10.4. The zero-order valence-corrected chi connectivity index (χ0v) is 15.4. The van der Waals surface area contributed by atoms with E-state index in [1.54, 1.807) is 70.9 Å². The maximum Gasteiger partial charge on any atom is 0.363 e. The Labute approximate surface area is 156 Å². The van der Waals surface area contributed by atoms with E-state index in [2.05, 4.69) is 4.99 Å². The number of nitrogens with zero attached hydrogens (tertiary/aromatic N) is 1. The first-order valence-corrected chi connectivity index (χ1v) is 8.05. The fourth-order valence-electron chi connectivity index (χ4n) is 2.53. The Morgan fingerprint density at radius 2 is 1.26 bits per heavy atom. The lowest BCUT2D eigenvalue weighted by molar-refractivity contribution is -0.129. The van der Waals surface area contributed by atoms with Crippen LogP contribution < -0.4 is 18.9 Å². The van der Waals surface area contributed by atoms with E-state index >= 15 is 0 Å². The van der Waals surface area contributed by atoms with Gasteiger partial charge in [0.15, 0.2) is 5.70 Å². The third kappa shape index (κ3) is 4.03. The van der Waals surface area contributed by atoms with Crippen molar-refractivity contribution in [1.29, 1.82) is 0 Å². The van der Waals surface area contributed by atoms with Gasteiger partial charge in [0.1, 0.15) is 23.0 Å². The van der Waals surface area contributed by atoms with Gasteiger partial charge in [-0.2, -0.15) is 0 Å². The number of benzene rings is 2. The normalized spacial score (nSPS) is 14.6. The van der Waals surface area contributed by atoms with Crippen molar-refractivity contribution in [2.75, 3.05) is 28.4 Å². The maximum absolute atomic E-state index is 12.3. The highest BCUT2D eigenvalue weighted by Gasteiger charge is 2.25. The Hall–Kier alpha value is -3.48. The molecule has 0 fully saturated rings. The Balaban J connectivity index is 1.98. The first-order chi connectivity index (χ1) is 13.1. The summed E-state index contributed by atoms with van der Waals surface area (Å²) in [6.45, 7) is 0. The molecule has 0 spiro atoms. The molecule has 0 amide bonds. The van der Waals surface area contributed by atoms with E-state index < -0.39 is 5.97 Å². The quantitative estimate of drug-likeness (QED) is 0.575. The van der Waals surface area contributed by atoms with Crippen LogP contribution in [0.2, 0.25) is 0 Å². The molecule has 3 rings (SSSR count). The summed E-state index contributed by atoms with van der Waals surface area (Å²) in [4.78, 5) is 16.6. The second kappa shape index (κ2) is 7.82. The molecule has 1 aliphatic heterocycles. The Bertz CT molecular complexity index is 888. The number of rotatable bonds is 6. The minimum Gasteiger partial charge on any atom is -0.497 e. The van der Waals surface area contributed by atoms with Gasteiger partial charge in [0.05, 0.1) is 28.4 Å². The first-order valence-electron chi connectivity index (χ1n) is 8.05. The lowest BCUT2D eigenvalue weighted by atomic mass is 10.1. The van der Waals surface area contributed by atoms with E-state index in [4.69, 9.17) is 23.7 Å². The Kier molecular flexibility index (Phi) is 5.30. The third-order valence-corrected chi connectivity index (χ3v) is 3.90. The number of esters is 1. The Morgan fingerprint density at radius 3 is 1.74 bits per heavy atom. The molecular formula is C20H19NO6. The molecule has 0 saturated heterocycles. The molecule has 7 heteroatoms. The number of hydrogen-bond donors (Lipinski definition) is 0.